The number of ether oxygens (including phenoxy) is 1. The molecule has 0 heterocycles. The van der Waals surface area contributed by atoms with Gasteiger partial charge in [-0.1, -0.05) is 40.0 Å². The van der Waals surface area contributed by atoms with Crippen molar-refractivity contribution in [1.82, 2.24) is 5.32 Å². The summed E-state index contributed by atoms with van der Waals surface area (Å²) in [6, 6.07) is 0. The van der Waals surface area contributed by atoms with Crippen LogP contribution in [0.5, 0.6) is 0 Å². The average molecular weight is 271 g/mol. The molecule has 0 aliphatic heterocycles. The third-order valence-electron chi connectivity index (χ3n) is 3.24. The first-order valence-electron chi connectivity index (χ1n) is 7.58. The average Bonchev–Trinajstić information content (AvgIpc) is 2.41. The zero-order valence-electron chi connectivity index (χ0n) is 12.7. The van der Waals surface area contributed by atoms with Crippen LogP contribution < -0.4 is 5.32 Å². The lowest BCUT2D eigenvalue weighted by Crippen LogP contribution is -2.28. The lowest BCUT2D eigenvalue weighted by atomic mass is 10.0. The highest BCUT2D eigenvalue weighted by molar-refractivity contribution is 5.76. The normalized spacial score (nSPS) is 10.5. The van der Waals surface area contributed by atoms with Crippen LogP contribution in [0, 0.1) is 5.92 Å². The first kappa shape index (κ1) is 17.9. The van der Waals surface area contributed by atoms with Crippen LogP contribution in [0.2, 0.25) is 0 Å². The molecule has 0 fully saturated rings. The smallest absolute Gasteiger partial charge is 0.308 e. The number of hydrogen-bond acceptors (Lipinski definition) is 3. The summed E-state index contributed by atoms with van der Waals surface area (Å²) in [5.41, 5.74) is 0. The van der Waals surface area contributed by atoms with E-state index in [0.717, 1.165) is 25.7 Å². The molecule has 4 heteroatoms. The Morgan fingerprint density at radius 1 is 1.05 bits per heavy atom. The minimum atomic E-state index is -0.151. The van der Waals surface area contributed by atoms with Crippen molar-refractivity contribution in [2.75, 3.05) is 13.2 Å². The Kier molecular flexibility index (Phi) is 11.3. The molecule has 0 aromatic carbocycles. The highest BCUT2D eigenvalue weighted by Crippen LogP contribution is 2.09. The van der Waals surface area contributed by atoms with Gasteiger partial charge in [-0.05, 0) is 19.3 Å². The topological polar surface area (TPSA) is 55.4 Å². The first-order valence-corrected chi connectivity index (χ1v) is 7.58. The summed E-state index contributed by atoms with van der Waals surface area (Å²) < 4.78 is 5.13. The Morgan fingerprint density at radius 3 is 2.32 bits per heavy atom. The molecule has 0 rings (SSSR count). The summed E-state index contributed by atoms with van der Waals surface area (Å²) in [6.07, 6.45) is 6.58. The molecule has 0 aromatic rings. The minimum absolute atomic E-state index is 0.00950. The van der Waals surface area contributed by atoms with Gasteiger partial charge >= 0.3 is 5.97 Å². The van der Waals surface area contributed by atoms with Crippen molar-refractivity contribution in [1.29, 1.82) is 0 Å². The molecular weight excluding hydrogens is 242 g/mol. The number of nitrogens with one attached hydrogen (secondary N) is 1. The van der Waals surface area contributed by atoms with Gasteiger partial charge in [0.05, 0.1) is 12.5 Å². The number of rotatable bonds is 11. The van der Waals surface area contributed by atoms with Gasteiger partial charge in [-0.3, -0.25) is 9.59 Å². The van der Waals surface area contributed by atoms with E-state index < -0.39 is 0 Å². The molecule has 0 atom stereocenters. The van der Waals surface area contributed by atoms with Crippen LogP contribution in [-0.2, 0) is 14.3 Å². The Hall–Kier alpha value is -1.06. The molecule has 112 valence electrons. The quantitative estimate of drug-likeness (QED) is 0.464. The summed E-state index contributed by atoms with van der Waals surface area (Å²) in [5, 5.41) is 2.77. The monoisotopic (exact) mass is 271 g/mol. The van der Waals surface area contributed by atoms with Gasteiger partial charge in [-0.2, -0.15) is 0 Å². The van der Waals surface area contributed by atoms with Crippen molar-refractivity contribution in [2.45, 2.75) is 65.7 Å². The van der Waals surface area contributed by atoms with Crippen LogP contribution in [0.1, 0.15) is 65.7 Å². The standard InChI is InChI=1S/C15H29NO3/c1-4-7-8-9-10-14(17)16-11-12-19-15(18)13(5-2)6-3/h13H,4-12H2,1-3H3,(H,16,17). The van der Waals surface area contributed by atoms with Gasteiger partial charge in [0.25, 0.3) is 0 Å². The van der Waals surface area contributed by atoms with E-state index in [4.69, 9.17) is 4.74 Å². The first-order chi connectivity index (χ1) is 9.15. The van der Waals surface area contributed by atoms with Gasteiger partial charge < -0.3 is 10.1 Å². The summed E-state index contributed by atoms with van der Waals surface area (Å²) in [6.45, 7) is 6.80. The van der Waals surface area contributed by atoms with E-state index >= 15 is 0 Å². The highest BCUT2D eigenvalue weighted by atomic mass is 16.5. The molecule has 1 N–H and O–H groups in total. The summed E-state index contributed by atoms with van der Waals surface area (Å²) in [4.78, 5) is 23.0. The van der Waals surface area contributed by atoms with Crippen molar-refractivity contribution >= 4 is 11.9 Å². The predicted octanol–water partition coefficient (Wildman–Crippen LogP) is 3.05. The number of carbonyl (C=O) groups excluding carboxylic acids is 2. The van der Waals surface area contributed by atoms with Gasteiger partial charge in [0.2, 0.25) is 5.91 Å². The molecule has 0 aromatic heterocycles. The molecule has 0 unspecified atom stereocenters. The second kappa shape index (κ2) is 12.0. The van der Waals surface area contributed by atoms with E-state index in [9.17, 15) is 9.59 Å². The van der Waals surface area contributed by atoms with E-state index in [1.807, 2.05) is 13.8 Å². The minimum Gasteiger partial charge on any atom is -0.464 e. The van der Waals surface area contributed by atoms with E-state index in [1.54, 1.807) is 0 Å². The van der Waals surface area contributed by atoms with Gasteiger partial charge in [0, 0.05) is 6.42 Å². The second-order valence-corrected chi connectivity index (χ2v) is 4.84. The fourth-order valence-electron chi connectivity index (χ4n) is 1.88. The molecule has 4 nitrogen and oxygen atoms in total. The van der Waals surface area contributed by atoms with Crippen LogP contribution in [0.4, 0.5) is 0 Å². The Bertz CT molecular complexity index is 250. The van der Waals surface area contributed by atoms with Crippen LogP contribution in [0.15, 0.2) is 0 Å². The molecule has 0 spiro atoms. The molecule has 0 saturated carbocycles. The van der Waals surface area contributed by atoms with Crippen molar-refractivity contribution in [2.24, 2.45) is 5.92 Å². The maximum atomic E-state index is 11.6. The number of amides is 1. The molecule has 0 bridgehead atoms. The maximum absolute atomic E-state index is 11.6. The van der Waals surface area contributed by atoms with Crippen LogP contribution in [0.3, 0.4) is 0 Å². The third-order valence-corrected chi connectivity index (χ3v) is 3.24. The Morgan fingerprint density at radius 2 is 1.74 bits per heavy atom. The largest absolute Gasteiger partial charge is 0.464 e. The zero-order valence-corrected chi connectivity index (χ0v) is 12.7. The SMILES string of the molecule is CCCCCCC(=O)NCCOC(=O)C(CC)CC. The van der Waals surface area contributed by atoms with Crippen LogP contribution in [-0.4, -0.2) is 25.0 Å². The summed E-state index contributed by atoms with van der Waals surface area (Å²) in [5.74, 6) is -0.110. The van der Waals surface area contributed by atoms with Gasteiger partial charge in [0.15, 0.2) is 0 Å². The molecule has 19 heavy (non-hydrogen) atoms. The molecule has 0 aliphatic carbocycles. The Balaban J connectivity index is 3.52. The van der Waals surface area contributed by atoms with Gasteiger partial charge in [-0.25, -0.2) is 0 Å². The molecule has 0 saturated heterocycles. The number of unbranched alkanes of at least 4 members (excludes halogenated alkanes) is 3. The van der Waals surface area contributed by atoms with Crippen molar-refractivity contribution in [3.63, 3.8) is 0 Å². The van der Waals surface area contributed by atoms with Gasteiger partial charge in [-0.15, -0.1) is 0 Å². The highest BCUT2D eigenvalue weighted by Gasteiger charge is 2.15. The molecule has 0 radical (unpaired) electrons. The van der Waals surface area contributed by atoms with E-state index in [-0.39, 0.29) is 24.4 Å². The van der Waals surface area contributed by atoms with E-state index in [0.29, 0.717) is 13.0 Å². The van der Waals surface area contributed by atoms with E-state index in [2.05, 4.69) is 12.2 Å². The third kappa shape index (κ3) is 9.51. The zero-order chi connectivity index (χ0) is 14.5. The fourth-order valence-corrected chi connectivity index (χ4v) is 1.88. The molecular formula is C15H29NO3. The fraction of sp³-hybridized carbons (Fsp3) is 0.867. The Labute approximate surface area is 117 Å². The van der Waals surface area contributed by atoms with Crippen LogP contribution in [0.25, 0.3) is 0 Å². The summed E-state index contributed by atoms with van der Waals surface area (Å²) >= 11 is 0. The van der Waals surface area contributed by atoms with E-state index in [1.165, 1.54) is 12.8 Å². The lowest BCUT2D eigenvalue weighted by molar-refractivity contribution is -0.149. The lowest BCUT2D eigenvalue weighted by Gasteiger charge is -2.12. The predicted molar refractivity (Wildman–Crippen MR) is 76.8 cm³/mol. The number of hydrogen-bond donors (Lipinski definition) is 1. The van der Waals surface area contributed by atoms with Crippen molar-refractivity contribution in [3.05, 3.63) is 0 Å². The molecule has 1 amide bonds. The maximum Gasteiger partial charge on any atom is 0.308 e. The number of esters is 1. The number of carbonyl (C=O) groups is 2. The summed E-state index contributed by atoms with van der Waals surface area (Å²) in [7, 11) is 0. The van der Waals surface area contributed by atoms with Crippen LogP contribution >= 0.6 is 0 Å². The molecule has 0 aliphatic rings. The second-order valence-electron chi connectivity index (χ2n) is 4.84. The van der Waals surface area contributed by atoms with Crippen molar-refractivity contribution < 1.29 is 14.3 Å². The van der Waals surface area contributed by atoms with Gasteiger partial charge in [0.1, 0.15) is 6.61 Å². The van der Waals surface area contributed by atoms with Crippen molar-refractivity contribution in [3.8, 4) is 0 Å².